The van der Waals surface area contributed by atoms with Crippen LogP contribution in [0.2, 0.25) is 0 Å². The van der Waals surface area contributed by atoms with Crippen molar-refractivity contribution in [2.24, 2.45) is 5.92 Å². The van der Waals surface area contributed by atoms with Crippen LogP contribution in [0.25, 0.3) is 11.4 Å². The molecule has 0 radical (unpaired) electrons. The smallest absolute Gasteiger partial charge is 0.226 e. The number of carbonyl (C=O) groups excluding carboxylic acids is 1. The minimum absolute atomic E-state index is 0.0386. The fraction of sp³-hybridized carbons (Fsp3) is 0.400. The van der Waals surface area contributed by atoms with Gasteiger partial charge in [0, 0.05) is 49.4 Å². The second-order valence-electron chi connectivity index (χ2n) is 7.36. The van der Waals surface area contributed by atoms with Crippen molar-refractivity contribution in [3.8, 4) is 11.4 Å². The van der Waals surface area contributed by atoms with Gasteiger partial charge >= 0.3 is 0 Å². The Kier molecular flexibility index (Phi) is 3.81. The van der Waals surface area contributed by atoms with Crippen LogP contribution in [-0.4, -0.2) is 41.7 Å². The van der Waals surface area contributed by atoms with Crippen molar-refractivity contribution in [1.82, 2.24) is 29.2 Å². The predicted octanol–water partition coefficient (Wildman–Crippen LogP) is 2.05. The number of benzene rings is 1. The summed E-state index contributed by atoms with van der Waals surface area (Å²) in [4.78, 5) is 19.4. The molecule has 2 aliphatic heterocycles. The van der Waals surface area contributed by atoms with Crippen LogP contribution in [0.5, 0.6) is 0 Å². The molecule has 1 amide bonds. The number of hydrogen-bond donors (Lipinski definition) is 0. The summed E-state index contributed by atoms with van der Waals surface area (Å²) in [6.45, 7) is 4.88. The summed E-state index contributed by atoms with van der Waals surface area (Å²) in [7, 11) is 0. The number of rotatable bonds is 2. The maximum atomic E-state index is 13.1. The second kappa shape index (κ2) is 6.33. The predicted molar refractivity (Wildman–Crippen MR) is 99.7 cm³/mol. The van der Waals surface area contributed by atoms with Gasteiger partial charge < -0.3 is 14.0 Å². The van der Waals surface area contributed by atoms with E-state index in [1.54, 1.807) is 0 Å². The number of imidazole rings is 1. The Labute approximate surface area is 157 Å². The molecule has 0 aliphatic carbocycles. The van der Waals surface area contributed by atoms with Crippen LogP contribution < -0.4 is 0 Å². The van der Waals surface area contributed by atoms with Crippen molar-refractivity contribution >= 4 is 5.91 Å². The maximum Gasteiger partial charge on any atom is 0.226 e. The monoisotopic (exact) mass is 362 g/mol. The standard InChI is InChI=1S/C20H22N6O/c1-14-21-12-17-11-16(7-8-25(14)17)20(27)24-9-10-26-18(13-24)22-23-19(26)15-5-3-2-4-6-15/h2-6,12,16H,7-11,13H2,1H3. The Hall–Kier alpha value is -2.96. The highest BCUT2D eigenvalue weighted by Gasteiger charge is 2.32. The normalized spacial score (nSPS) is 18.9. The molecule has 138 valence electrons. The quantitative estimate of drug-likeness (QED) is 0.700. The van der Waals surface area contributed by atoms with Gasteiger partial charge in [-0.1, -0.05) is 30.3 Å². The van der Waals surface area contributed by atoms with Crippen LogP contribution in [0.1, 0.15) is 23.8 Å². The molecule has 0 saturated heterocycles. The van der Waals surface area contributed by atoms with Crippen molar-refractivity contribution in [3.05, 3.63) is 53.9 Å². The molecule has 5 rings (SSSR count). The first-order valence-electron chi connectivity index (χ1n) is 9.48. The molecule has 27 heavy (non-hydrogen) atoms. The third-order valence-electron chi connectivity index (χ3n) is 5.74. The molecule has 0 fully saturated rings. The highest BCUT2D eigenvalue weighted by molar-refractivity contribution is 5.79. The van der Waals surface area contributed by atoms with Crippen molar-refractivity contribution in [2.45, 2.75) is 39.4 Å². The van der Waals surface area contributed by atoms with E-state index < -0.39 is 0 Å². The number of fused-ring (bicyclic) bond motifs is 2. The Morgan fingerprint density at radius 1 is 1.07 bits per heavy atom. The van der Waals surface area contributed by atoms with E-state index in [1.807, 2.05) is 48.4 Å². The Bertz CT molecular complexity index is 989. The molecule has 0 N–H and O–H groups in total. The van der Waals surface area contributed by atoms with Crippen molar-refractivity contribution in [2.75, 3.05) is 6.54 Å². The van der Waals surface area contributed by atoms with Gasteiger partial charge in [0.1, 0.15) is 5.82 Å². The third-order valence-corrected chi connectivity index (χ3v) is 5.74. The Balaban J connectivity index is 1.33. The van der Waals surface area contributed by atoms with E-state index in [0.717, 1.165) is 49.0 Å². The molecule has 1 atom stereocenters. The average molecular weight is 362 g/mol. The van der Waals surface area contributed by atoms with Crippen LogP contribution in [0.3, 0.4) is 0 Å². The molecular weight excluding hydrogens is 340 g/mol. The van der Waals surface area contributed by atoms with Crippen molar-refractivity contribution < 1.29 is 4.79 Å². The Morgan fingerprint density at radius 3 is 2.78 bits per heavy atom. The summed E-state index contributed by atoms with van der Waals surface area (Å²) in [6.07, 6.45) is 3.56. The topological polar surface area (TPSA) is 68.8 Å². The van der Waals surface area contributed by atoms with Gasteiger partial charge in [0.15, 0.2) is 11.6 Å². The van der Waals surface area contributed by atoms with Gasteiger partial charge in [-0.25, -0.2) is 4.98 Å². The maximum absolute atomic E-state index is 13.1. The van der Waals surface area contributed by atoms with E-state index in [0.29, 0.717) is 13.1 Å². The van der Waals surface area contributed by atoms with E-state index >= 15 is 0 Å². The van der Waals surface area contributed by atoms with E-state index in [-0.39, 0.29) is 11.8 Å². The molecule has 2 aliphatic rings. The minimum Gasteiger partial charge on any atom is -0.333 e. The first kappa shape index (κ1) is 16.2. The molecule has 0 saturated carbocycles. The number of hydrogen-bond acceptors (Lipinski definition) is 4. The van der Waals surface area contributed by atoms with Gasteiger partial charge in [-0.3, -0.25) is 4.79 Å². The summed E-state index contributed by atoms with van der Waals surface area (Å²) in [6, 6.07) is 10.1. The fourth-order valence-corrected chi connectivity index (χ4v) is 4.24. The van der Waals surface area contributed by atoms with Gasteiger partial charge in [-0.05, 0) is 13.3 Å². The number of carbonyl (C=O) groups is 1. The molecule has 4 heterocycles. The van der Waals surface area contributed by atoms with Crippen LogP contribution >= 0.6 is 0 Å². The molecule has 7 heteroatoms. The van der Waals surface area contributed by atoms with Gasteiger partial charge in [-0.15, -0.1) is 10.2 Å². The SMILES string of the molecule is Cc1ncc2n1CCC(C(=O)N1CCn3c(nnc3-c3ccccc3)C1)C2. The zero-order chi connectivity index (χ0) is 18.4. The van der Waals surface area contributed by atoms with Gasteiger partial charge in [0.25, 0.3) is 0 Å². The summed E-state index contributed by atoms with van der Waals surface area (Å²) in [5, 5.41) is 8.73. The molecule has 2 aromatic heterocycles. The van der Waals surface area contributed by atoms with E-state index in [9.17, 15) is 4.79 Å². The third kappa shape index (κ3) is 2.74. The fourth-order valence-electron chi connectivity index (χ4n) is 4.24. The van der Waals surface area contributed by atoms with Crippen LogP contribution in [0.4, 0.5) is 0 Å². The minimum atomic E-state index is 0.0386. The lowest BCUT2D eigenvalue weighted by Gasteiger charge is -2.32. The highest BCUT2D eigenvalue weighted by Crippen LogP contribution is 2.26. The molecule has 0 bridgehead atoms. The number of aromatic nitrogens is 5. The highest BCUT2D eigenvalue weighted by atomic mass is 16.2. The van der Waals surface area contributed by atoms with Gasteiger partial charge in [0.05, 0.1) is 6.54 Å². The van der Waals surface area contributed by atoms with Crippen molar-refractivity contribution in [3.63, 3.8) is 0 Å². The zero-order valence-electron chi connectivity index (χ0n) is 15.4. The number of aryl methyl sites for hydroxylation is 1. The molecular formula is C20H22N6O. The first-order chi connectivity index (χ1) is 13.2. The summed E-state index contributed by atoms with van der Waals surface area (Å²) >= 11 is 0. The lowest BCUT2D eigenvalue weighted by Crippen LogP contribution is -2.43. The van der Waals surface area contributed by atoms with Crippen LogP contribution in [0, 0.1) is 12.8 Å². The van der Waals surface area contributed by atoms with E-state index in [4.69, 9.17) is 0 Å². The Morgan fingerprint density at radius 2 is 1.93 bits per heavy atom. The number of nitrogens with zero attached hydrogens (tertiary/aromatic N) is 6. The van der Waals surface area contributed by atoms with Gasteiger partial charge in [-0.2, -0.15) is 0 Å². The molecule has 1 aromatic carbocycles. The summed E-state index contributed by atoms with van der Waals surface area (Å²) in [5.41, 5.74) is 2.23. The van der Waals surface area contributed by atoms with Crippen LogP contribution in [-0.2, 0) is 30.8 Å². The first-order valence-corrected chi connectivity index (χ1v) is 9.48. The second-order valence-corrected chi connectivity index (χ2v) is 7.36. The molecule has 0 spiro atoms. The van der Waals surface area contributed by atoms with Gasteiger partial charge in [0.2, 0.25) is 5.91 Å². The van der Waals surface area contributed by atoms with Crippen molar-refractivity contribution in [1.29, 1.82) is 0 Å². The van der Waals surface area contributed by atoms with E-state index in [1.165, 1.54) is 5.69 Å². The lowest BCUT2D eigenvalue weighted by atomic mass is 9.94. The largest absolute Gasteiger partial charge is 0.333 e. The molecule has 3 aromatic rings. The molecule has 7 nitrogen and oxygen atoms in total. The number of amides is 1. The molecule has 1 unspecified atom stereocenters. The average Bonchev–Trinajstić information content (AvgIpc) is 3.31. The van der Waals surface area contributed by atoms with E-state index in [2.05, 4.69) is 24.3 Å². The summed E-state index contributed by atoms with van der Waals surface area (Å²) in [5.74, 6) is 3.06. The van der Waals surface area contributed by atoms with Crippen LogP contribution in [0.15, 0.2) is 36.5 Å². The lowest BCUT2D eigenvalue weighted by molar-refractivity contribution is -0.137. The zero-order valence-corrected chi connectivity index (χ0v) is 15.4. The summed E-state index contributed by atoms with van der Waals surface area (Å²) < 4.78 is 4.36.